The number of fused-ring (bicyclic) bond motifs is 1. The molecular weight excluding hydrogens is 344 g/mol. The van der Waals surface area contributed by atoms with E-state index in [0.717, 1.165) is 45.9 Å². The van der Waals surface area contributed by atoms with Crippen LogP contribution in [0.4, 0.5) is 5.13 Å². The Labute approximate surface area is 157 Å². The van der Waals surface area contributed by atoms with Gasteiger partial charge in [0.15, 0.2) is 5.13 Å². The molecule has 0 bridgehead atoms. The second kappa shape index (κ2) is 7.46. The molecule has 1 heterocycles. The fourth-order valence-corrected chi connectivity index (χ4v) is 4.14. The van der Waals surface area contributed by atoms with E-state index in [1.54, 1.807) is 11.3 Å². The summed E-state index contributed by atoms with van der Waals surface area (Å²) in [7, 11) is 0. The van der Waals surface area contributed by atoms with E-state index in [-0.39, 0.29) is 11.8 Å². The summed E-state index contributed by atoms with van der Waals surface area (Å²) in [5.74, 6) is 1.18. The van der Waals surface area contributed by atoms with Crippen molar-refractivity contribution < 1.29 is 9.53 Å². The minimum atomic E-state index is 0.143. The first-order valence-corrected chi connectivity index (χ1v) is 9.95. The van der Waals surface area contributed by atoms with Gasteiger partial charge >= 0.3 is 0 Å². The molecule has 1 saturated carbocycles. The molecule has 1 amide bonds. The van der Waals surface area contributed by atoms with E-state index >= 15 is 0 Å². The van der Waals surface area contributed by atoms with Gasteiger partial charge < -0.3 is 4.74 Å². The average molecular weight is 366 g/mol. The van der Waals surface area contributed by atoms with Gasteiger partial charge in [0.25, 0.3) is 0 Å². The zero-order valence-electron chi connectivity index (χ0n) is 14.9. The first-order valence-electron chi connectivity index (χ1n) is 9.13. The lowest BCUT2D eigenvalue weighted by Crippen LogP contribution is -2.38. The Bertz CT molecular complexity index is 903. The molecular formula is C21H22N2O2S. The van der Waals surface area contributed by atoms with Crippen LogP contribution in [-0.4, -0.2) is 17.5 Å². The van der Waals surface area contributed by atoms with Gasteiger partial charge in [0.05, 0.1) is 23.4 Å². The van der Waals surface area contributed by atoms with Crippen LogP contribution in [0, 0.1) is 5.92 Å². The van der Waals surface area contributed by atoms with Crippen molar-refractivity contribution in [1.82, 2.24) is 4.98 Å². The minimum Gasteiger partial charge on any atom is -0.494 e. The van der Waals surface area contributed by atoms with Gasteiger partial charge in [0.2, 0.25) is 5.91 Å². The van der Waals surface area contributed by atoms with E-state index in [9.17, 15) is 4.79 Å². The SMILES string of the molecule is CCOc1ccc2nc(N(Cc3ccccc3)C(=O)C3CCC3)sc2c1. The lowest BCUT2D eigenvalue weighted by Gasteiger charge is -2.30. The molecule has 4 nitrogen and oxygen atoms in total. The second-order valence-electron chi connectivity index (χ2n) is 6.60. The normalized spacial score (nSPS) is 14.2. The summed E-state index contributed by atoms with van der Waals surface area (Å²) in [5, 5.41) is 0.773. The van der Waals surface area contributed by atoms with Crippen LogP contribution in [0.5, 0.6) is 5.75 Å². The van der Waals surface area contributed by atoms with Gasteiger partial charge in [0.1, 0.15) is 5.75 Å². The molecule has 26 heavy (non-hydrogen) atoms. The number of hydrogen-bond donors (Lipinski definition) is 0. The number of carbonyl (C=O) groups is 1. The van der Waals surface area contributed by atoms with Crippen LogP contribution >= 0.6 is 11.3 Å². The summed E-state index contributed by atoms with van der Waals surface area (Å²) in [6.45, 7) is 3.17. The lowest BCUT2D eigenvalue weighted by atomic mass is 9.84. The van der Waals surface area contributed by atoms with Crippen LogP contribution in [0.2, 0.25) is 0 Å². The Kier molecular flexibility index (Phi) is 4.89. The van der Waals surface area contributed by atoms with Crippen LogP contribution in [0.25, 0.3) is 10.2 Å². The Morgan fingerprint density at radius 2 is 2.04 bits per heavy atom. The number of carbonyl (C=O) groups excluding carboxylic acids is 1. The van der Waals surface area contributed by atoms with E-state index in [4.69, 9.17) is 9.72 Å². The van der Waals surface area contributed by atoms with Crippen LogP contribution in [0.3, 0.4) is 0 Å². The molecule has 1 aliphatic rings. The second-order valence-corrected chi connectivity index (χ2v) is 7.61. The molecule has 1 aliphatic carbocycles. The minimum absolute atomic E-state index is 0.143. The number of hydrogen-bond acceptors (Lipinski definition) is 4. The van der Waals surface area contributed by atoms with Crippen LogP contribution in [-0.2, 0) is 11.3 Å². The summed E-state index contributed by atoms with van der Waals surface area (Å²) in [6.07, 6.45) is 3.13. The van der Waals surface area contributed by atoms with Gasteiger partial charge in [-0.15, -0.1) is 0 Å². The molecule has 0 unspecified atom stereocenters. The van der Waals surface area contributed by atoms with Crippen molar-refractivity contribution in [2.24, 2.45) is 5.92 Å². The predicted octanol–water partition coefficient (Wildman–Crippen LogP) is 5.03. The molecule has 1 fully saturated rings. The van der Waals surface area contributed by atoms with Crippen molar-refractivity contribution in [2.45, 2.75) is 32.7 Å². The molecule has 2 aromatic carbocycles. The Balaban J connectivity index is 1.68. The number of amides is 1. The van der Waals surface area contributed by atoms with Gasteiger partial charge in [-0.3, -0.25) is 9.69 Å². The standard InChI is InChI=1S/C21H22N2O2S/c1-2-25-17-11-12-18-19(13-17)26-21(22-18)23(20(24)16-9-6-10-16)14-15-7-4-3-5-8-15/h3-5,7-8,11-13,16H,2,6,9-10,14H2,1H3. The third kappa shape index (κ3) is 3.44. The Morgan fingerprint density at radius 1 is 1.23 bits per heavy atom. The molecule has 0 saturated heterocycles. The Hall–Kier alpha value is -2.40. The molecule has 0 radical (unpaired) electrons. The average Bonchev–Trinajstić information content (AvgIpc) is 3.02. The molecule has 4 rings (SSSR count). The van der Waals surface area contributed by atoms with Gasteiger partial charge in [-0.2, -0.15) is 0 Å². The van der Waals surface area contributed by atoms with Gasteiger partial charge in [-0.1, -0.05) is 48.1 Å². The van der Waals surface area contributed by atoms with E-state index in [1.807, 2.05) is 48.2 Å². The lowest BCUT2D eigenvalue weighted by molar-refractivity contribution is -0.124. The van der Waals surface area contributed by atoms with Gasteiger partial charge in [-0.05, 0) is 43.5 Å². The third-order valence-corrected chi connectivity index (χ3v) is 5.84. The number of aromatic nitrogens is 1. The summed E-state index contributed by atoms with van der Waals surface area (Å²) < 4.78 is 6.64. The highest BCUT2D eigenvalue weighted by molar-refractivity contribution is 7.22. The number of anilines is 1. The van der Waals surface area contributed by atoms with Gasteiger partial charge in [-0.25, -0.2) is 4.98 Å². The fraction of sp³-hybridized carbons (Fsp3) is 0.333. The summed E-state index contributed by atoms with van der Waals surface area (Å²) in [5.41, 5.74) is 2.03. The van der Waals surface area contributed by atoms with Crippen molar-refractivity contribution in [1.29, 1.82) is 0 Å². The quantitative estimate of drug-likeness (QED) is 0.614. The molecule has 0 spiro atoms. The highest BCUT2D eigenvalue weighted by atomic mass is 32.1. The first-order chi connectivity index (χ1) is 12.7. The topological polar surface area (TPSA) is 42.4 Å². The van der Waals surface area contributed by atoms with Crippen molar-refractivity contribution in [3.8, 4) is 5.75 Å². The maximum absolute atomic E-state index is 13.0. The summed E-state index contributed by atoms with van der Waals surface area (Å²) >= 11 is 1.56. The highest BCUT2D eigenvalue weighted by Crippen LogP contribution is 2.35. The number of nitrogens with zero attached hydrogens (tertiary/aromatic N) is 2. The smallest absolute Gasteiger partial charge is 0.232 e. The number of ether oxygens (including phenoxy) is 1. The Morgan fingerprint density at radius 3 is 2.73 bits per heavy atom. The monoisotopic (exact) mass is 366 g/mol. The largest absolute Gasteiger partial charge is 0.494 e. The number of thiazole rings is 1. The van der Waals surface area contributed by atoms with Crippen LogP contribution in [0.15, 0.2) is 48.5 Å². The number of benzene rings is 2. The maximum atomic E-state index is 13.0. The van der Waals surface area contributed by atoms with Crippen molar-refractivity contribution in [2.75, 3.05) is 11.5 Å². The summed E-state index contributed by atoms with van der Waals surface area (Å²) in [6, 6.07) is 16.0. The highest BCUT2D eigenvalue weighted by Gasteiger charge is 2.31. The van der Waals surface area contributed by atoms with Crippen LogP contribution in [0.1, 0.15) is 31.7 Å². The van der Waals surface area contributed by atoms with E-state index in [1.165, 1.54) is 0 Å². The molecule has 0 aliphatic heterocycles. The molecule has 1 aromatic heterocycles. The fourth-order valence-electron chi connectivity index (χ4n) is 3.15. The van der Waals surface area contributed by atoms with E-state index < -0.39 is 0 Å². The van der Waals surface area contributed by atoms with E-state index in [0.29, 0.717) is 13.2 Å². The number of rotatable bonds is 6. The van der Waals surface area contributed by atoms with Crippen molar-refractivity contribution in [3.05, 3.63) is 54.1 Å². The first kappa shape index (κ1) is 17.0. The molecule has 5 heteroatoms. The zero-order chi connectivity index (χ0) is 17.9. The third-order valence-electron chi connectivity index (χ3n) is 4.79. The van der Waals surface area contributed by atoms with E-state index in [2.05, 4.69) is 12.1 Å². The molecule has 3 aromatic rings. The van der Waals surface area contributed by atoms with Crippen molar-refractivity contribution >= 4 is 32.6 Å². The van der Waals surface area contributed by atoms with Crippen LogP contribution < -0.4 is 9.64 Å². The summed E-state index contributed by atoms with van der Waals surface area (Å²) in [4.78, 5) is 19.7. The maximum Gasteiger partial charge on any atom is 0.232 e. The predicted molar refractivity (Wildman–Crippen MR) is 106 cm³/mol. The molecule has 134 valence electrons. The molecule has 0 atom stereocenters. The van der Waals surface area contributed by atoms with Crippen molar-refractivity contribution in [3.63, 3.8) is 0 Å². The zero-order valence-corrected chi connectivity index (χ0v) is 15.7. The molecule has 0 N–H and O–H groups in total. The van der Waals surface area contributed by atoms with Gasteiger partial charge in [0, 0.05) is 5.92 Å².